The Labute approximate surface area is 75.7 Å². The van der Waals surface area contributed by atoms with Crippen molar-refractivity contribution < 1.29 is 0 Å². The summed E-state index contributed by atoms with van der Waals surface area (Å²) in [5.74, 6) is 0. The average molecular weight is 172 g/mol. The Kier molecular flexibility index (Phi) is 1.96. The molecule has 64 valence electrons. The molecule has 0 saturated heterocycles. The van der Waals surface area contributed by atoms with Crippen LogP contribution in [0.3, 0.4) is 0 Å². The first-order valence-corrected chi connectivity index (χ1v) is 3.92. The quantitative estimate of drug-likeness (QED) is 0.649. The monoisotopic (exact) mass is 172 g/mol. The molecule has 0 amide bonds. The molecule has 0 aliphatic heterocycles. The van der Waals surface area contributed by atoms with Gasteiger partial charge in [0, 0.05) is 18.0 Å². The molecule has 0 aromatic carbocycles. The summed E-state index contributed by atoms with van der Waals surface area (Å²) in [6, 6.07) is 3.82. The lowest BCUT2D eigenvalue weighted by molar-refractivity contribution is 0.983. The zero-order valence-corrected chi connectivity index (χ0v) is 7.18. The van der Waals surface area contributed by atoms with Gasteiger partial charge in [-0.2, -0.15) is 10.2 Å². The average Bonchev–Trinajstić information content (AvgIpc) is 2.20. The number of hydrogen-bond donors (Lipinski definition) is 0. The maximum absolute atomic E-state index is 4.02. The third-order valence-electron chi connectivity index (χ3n) is 1.65. The van der Waals surface area contributed by atoms with E-state index in [4.69, 9.17) is 0 Å². The lowest BCUT2D eigenvalue weighted by Crippen LogP contribution is -1.90. The minimum Gasteiger partial charge on any atom is -0.244 e. The molecule has 2 aromatic heterocycles. The maximum Gasteiger partial charge on any atom is 0.115 e. The van der Waals surface area contributed by atoms with Gasteiger partial charge in [-0.3, -0.25) is 0 Å². The highest BCUT2D eigenvalue weighted by molar-refractivity contribution is 5.55. The van der Waals surface area contributed by atoms with Crippen LogP contribution in [-0.4, -0.2) is 20.2 Å². The van der Waals surface area contributed by atoms with Crippen molar-refractivity contribution in [2.24, 2.45) is 0 Å². The van der Waals surface area contributed by atoms with Crippen LogP contribution in [-0.2, 0) is 0 Å². The smallest absolute Gasteiger partial charge is 0.115 e. The molecule has 0 N–H and O–H groups in total. The van der Waals surface area contributed by atoms with Crippen LogP contribution in [0.15, 0.2) is 30.9 Å². The minimum atomic E-state index is 0.797. The van der Waals surface area contributed by atoms with Crippen molar-refractivity contribution in [2.75, 3.05) is 0 Å². The summed E-state index contributed by atoms with van der Waals surface area (Å²) in [6.45, 7) is 1.90. The molecule has 0 fully saturated rings. The molecule has 2 aromatic rings. The second kappa shape index (κ2) is 3.26. The van der Waals surface area contributed by atoms with Gasteiger partial charge < -0.3 is 0 Å². The highest BCUT2D eigenvalue weighted by atomic mass is 15.1. The second-order valence-electron chi connectivity index (χ2n) is 2.69. The Morgan fingerprint density at radius 1 is 1.00 bits per heavy atom. The zero-order chi connectivity index (χ0) is 9.10. The van der Waals surface area contributed by atoms with Gasteiger partial charge in [0.2, 0.25) is 0 Å². The Morgan fingerprint density at radius 3 is 2.38 bits per heavy atom. The van der Waals surface area contributed by atoms with Gasteiger partial charge in [-0.15, -0.1) is 0 Å². The number of nitrogens with zero attached hydrogens (tertiary/aromatic N) is 4. The predicted octanol–water partition coefficient (Wildman–Crippen LogP) is 1.24. The van der Waals surface area contributed by atoms with Crippen LogP contribution in [0.4, 0.5) is 0 Å². The summed E-state index contributed by atoms with van der Waals surface area (Å²) in [5.41, 5.74) is 2.58. The highest BCUT2D eigenvalue weighted by Crippen LogP contribution is 2.12. The Balaban J connectivity index is 2.42. The Bertz CT molecular complexity index is 382. The summed E-state index contributed by atoms with van der Waals surface area (Å²) < 4.78 is 0. The summed E-state index contributed by atoms with van der Waals surface area (Å²) >= 11 is 0. The van der Waals surface area contributed by atoms with Crippen LogP contribution in [0.5, 0.6) is 0 Å². The van der Waals surface area contributed by atoms with Gasteiger partial charge in [0.25, 0.3) is 0 Å². The molecule has 0 aliphatic carbocycles. The number of rotatable bonds is 1. The molecule has 0 atom stereocenters. The van der Waals surface area contributed by atoms with Gasteiger partial charge >= 0.3 is 0 Å². The number of hydrogen-bond acceptors (Lipinski definition) is 4. The fourth-order valence-electron chi connectivity index (χ4n) is 0.984. The molecule has 0 unspecified atom stereocenters. The second-order valence-corrected chi connectivity index (χ2v) is 2.69. The summed E-state index contributed by atoms with van der Waals surface area (Å²) in [6.07, 6.45) is 4.92. The van der Waals surface area contributed by atoms with Crippen molar-refractivity contribution in [2.45, 2.75) is 6.92 Å². The fraction of sp³-hybridized carbons (Fsp3) is 0.111. The van der Waals surface area contributed by atoms with E-state index in [0.29, 0.717) is 0 Å². The van der Waals surface area contributed by atoms with Gasteiger partial charge in [0.15, 0.2) is 0 Å². The molecule has 13 heavy (non-hydrogen) atoms. The van der Waals surface area contributed by atoms with Crippen molar-refractivity contribution >= 4 is 0 Å². The number of aromatic nitrogens is 4. The van der Waals surface area contributed by atoms with Crippen LogP contribution in [0.1, 0.15) is 5.69 Å². The van der Waals surface area contributed by atoms with Gasteiger partial charge in [-0.25, -0.2) is 9.97 Å². The fourth-order valence-corrected chi connectivity index (χ4v) is 0.984. The predicted molar refractivity (Wildman–Crippen MR) is 47.8 cm³/mol. The molecule has 0 radical (unpaired) electrons. The van der Waals surface area contributed by atoms with Gasteiger partial charge in [0.05, 0.1) is 11.4 Å². The van der Waals surface area contributed by atoms with E-state index in [1.54, 1.807) is 12.4 Å². The molecular weight excluding hydrogens is 164 g/mol. The first-order chi connectivity index (χ1) is 6.36. The molecule has 4 heteroatoms. The standard InChI is InChI=1S/C9H8N4/c1-7-2-3-9(13-12-7)8-4-10-6-11-5-8/h2-6H,1H3. The third-order valence-corrected chi connectivity index (χ3v) is 1.65. The molecular formula is C9H8N4. The van der Waals surface area contributed by atoms with E-state index in [2.05, 4.69) is 20.2 Å². The van der Waals surface area contributed by atoms with Crippen LogP contribution < -0.4 is 0 Å². The Morgan fingerprint density at radius 2 is 1.77 bits per heavy atom. The topological polar surface area (TPSA) is 51.6 Å². The highest BCUT2D eigenvalue weighted by Gasteiger charge is 1.98. The van der Waals surface area contributed by atoms with Crippen LogP contribution in [0.2, 0.25) is 0 Å². The van der Waals surface area contributed by atoms with E-state index in [1.165, 1.54) is 6.33 Å². The summed E-state index contributed by atoms with van der Waals surface area (Å²) in [4.78, 5) is 7.81. The van der Waals surface area contributed by atoms with Crippen LogP contribution in [0, 0.1) is 6.92 Å². The van der Waals surface area contributed by atoms with Crippen molar-refractivity contribution in [1.29, 1.82) is 0 Å². The first-order valence-electron chi connectivity index (χ1n) is 3.92. The van der Waals surface area contributed by atoms with Crippen molar-refractivity contribution in [3.05, 3.63) is 36.5 Å². The lowest BCUT2D eigenvalue weighted by atomic mass is 10.2. The third kappa shape index (κ3) is 1.66. The summed E-state index contributed by atoms with van der Waals surface area (Å²) in [5, 5.41) is 7.97. The molecule has 0 spiro atoms. The zero-order valence-electron chi connectivity index (χ0n) is 7.18. The molecule has 0 aliphatic rings. The van der Waals surface area contributed by atoms with Crippen molar-refractivity contribution in [3.8, 4) is 11.3 Å². The largest absolute Gasteiger partial charge is 0.244 e. The summed E-state index contributed by atoms with van der Waals surface area (Å²) in [7, 11) is 0. The molecule has 2 heterocycles. The minimum absolute atomic E-state index is 0.797. The lowest BCUT2D eigenvalue weighted by Gasteiger charge is -1.97. The van der Waals surface area contributed by atoms with Crippen molar-refractivity contribution in [3.63, 3.8) is 0 Å². The van der Waals surface area contributed by atoms with E-state index in [-0.39, 0.29) is 0 Å². The van der Waals surface area contributed by atoms with E-state index in [1.807, 2.05) is 19.1 Å². The van der Waals surface area contributed by atoms with Gasteiger partial charge in [-0.1, -0.05) is 0 Å². The molecule has 2 rings (SSSR count). The number of aryl methyl sites for hydroxylation is 1. The molecule has 4 nitrogen and oxygen atoms in total. The van der Waals surface area contributed by atoms with Crippen molar-refractivity contribution in [1.82, 2.24) is 20.2 Å². The molecule has 0 bridgehead atoms. The van der Waals surface area contributed by atoms with E-state index >= 15 is 0 Å². The van der Waals surface area contributed by atoms with Gasteiger partial charge in [0.1, 0.15) is 6.33 Å². The molecule has 0 saturated carbocycles. The van der Waals surface area contributed by atoms with Crippen LogP contribution >= 0.6 is 0 Å². The van der Waals surface area contributed by atoms with Crippen LogP contribution in [0.25, 0.3) is 11.3 Å². The van der Waals surface area contributed by atoms with E-state index in [9.17, 15) is 0 Å². The van der Waals surface area contributed by atoms with E-state index < -0.39 is 0 Å². The van der Waals surface area contributed by atoms with Gasteiger partial charge in [-0.05, 0) is 19.1 Å². The normalized spacial score (nSPS) is 9.92. The Hall–Kier alpha value is -1.84. The SMILES string of the molecule is Cc1ccc(-c2cncnc2)nn1. The first kappa shape index (κ1) is 7.79. The maximum atomic E-state index is 4.02. The van der Waals surface area contributed by atoms with E-state index in [0.717, 1.165) is 17.0 Å².